The molecule has 0 aliphatic carbocycles. The van der Waals surface area contributed by atoms with Gasteiger partial charge in [0, 0.05) is 73.6 Å². The van der Waals surface area contributed by atoms with Gasteiger partial charge in [-0.15, -0.1) is 0 Å². The van der Waals surface area contributed by atoms with Crippen LogP contribution < -0.4 is 43.5 Å². The summed E-state index contributed by atoms with van der Waals surface area (Å²) < 4.78 is 5.50. The van der Waals surface area contributed by atoms with Gasteiger partial charge in [-0.3, -0.25) is 116 Å². The van der Waals surface area contributed by atoms with Crippen molar-refractivity contribution in [2.24, 2.45) is 0 Å². The molecule has 12 aromatic rings. The zero-order valence-electron chi connectivity index (χ0n) is 72.9. The van der Waals surface area contributed by atoms with E-state index in [4.69, 9.17) is 46.4 Å². The van der Waals surface area contributed by atoms with E-state index in [1.165, 1.54) is 18.3 Å². The summed E-state index contributed by atoms with van der Waals surface area (Å²) >= 11 is 23.8. The number of imide groups is 4. The maximum Gasteiger partial charge on any atom is 0.262 e. The highest BCUT2D eigenvalue weighted by Gasteiger charge is 2.46. The van der Waals surface area contributed by atoms with Gasteiger partial charge in [0.1, 0.15) is 45.5 Å². The average molecular weight is 1840 g/mol. The molecule has 0 unspecified atom stereocenters. The summed E-state index contributed by atoms with van der Waals surface area (Å²) in [5.74, 6) is -1.93. The van der Waals surface area contributed by atoms with Gasteiger partial charge in [-0.05, 0) is 228 Å². The van der Waals surface area contributed by atoms with Crippen molar-refractivity contribution in [3.05, 3.63) is 298 Å². The molecular weight excluding hydrogens is 1740 g/mol. The Morgan fingerprint density at radius 2 is 0.508 bits per heavy atom. The van der Waals surface area contributed by atoms with Crippen LogP contribution in [0.4, 0.5) is 0 Å². The predicted molar refractivity (Wildman–Crippen MR) is 493 cm³/mol. The number of rotatable bonds is 20. The number of fused-ring (bicyclic) bond motifs is 4. The molecule has 0 bridgehead atoms. The van der Waals surface area contributed by atoms with Crippen molar-refractivity contribution in [2.75, 3.05) is 0 Å². The van der Waals surface area contributed by atoms with Gasteiger partial charge in [0.15, 0.2) is 23.1 Å². The summed E-state index contributed by atoms with van der Waals surface area (Å²) in [4.78, 5) is 219. The molecule has 4 aromatic heterocycles. The largest absolute Gasteiger partial charge is 0.294 e. The number of carbonyl (C=O) groups excluding carboxylic acids is 12. The highest BCUT2D eigenvalue weighted by molar-refractivity contribution is 6.42. The number of hydrogen-bond donors (Lipinski definition) is 4. The first-order valence-corrected chi connectivity index (χ1v) is 43.7. The van der Waals surface area contributed by atoms with Crippen LogP contribution in [0.3, 0.4) is 0 Å². The summed E-state index contributed by atoms with van der Waals surface area (Å²) in [6.07, 6.45) is 4.38. The lowest BCUT2D eigenvalue weighted by molar-refractivity contribution is -0.141. The number of Topliss-reactive ketones (excluding diaryl/α,β-unsaturated/α-hetero) is 4. The summed E-state index contributed by atoms with van der Waals surface area (Å²) in [7, 11) is 0. The van der Waals surface area contributed by atoms with E-state index in [2.05, 4.69) is 41.2 Å². The third kappa shape index (κ3) is 19.9. The molecule has 8 amide bonds. The molecule has 130 heavy (non-hydrogen) atoms. The molecular formula is C98H92Cl4N12O16. The maximum atomic E-state index is 13.4. The first kappa shape index (κ1) is 94.3. The average Bonchev–Trinajstić information content (AvgIpc) is 0.758. The minimum Gasteiger partial charge on any atom is -0.294 e. The Kier molecular flexibility index (Phi) is 28.0. The number of nitrogens with one attached hydrogen (secondary N) is 4. The lowest BCUT2D eigenvalue weighted by Crippen LogP contribution is -2.56. The molecule has 0 radical (unpaired) electrons. The number of piperidine rings is 4. The van der Waals surface area contributed by atoms with Crippen LogP contribution in [0.15, 0.2) is 177 Å². The number of aromatic nitrogens is 8. The second-order valence-electron chi connectivity index (χ2n) is 33.9. The van der Waals surface area contributed by atoms with Gasteiger partial charge in [0.2, 0.25) is 23.6 Å². The predicted octanol–water partition coefficient (Wildman–Crippen LogP) is 13.9. The highest BCUT2D eigenvalue weighted by Crippen LogP contribution is 2.34. The van der Waals surface area contributed by atoms with Gasteiger partial charge < -0.3 is 0 Å². The fraction of sp³-hybridized carbons (Fsp3) is 0.306. The van der Waals surface area contributed by atoms with Crippen LogP contribution in [-0.4, -0.2) is 109 Å². The molecule has 0 saturated carbocycles. The molecule has 4 N–H and O–H groups in total. The number of nitrogens with zero attached hydrogens (tertiary/aromatic N) is 8. The lowest BCUT2D eigenvalue weighted by Gasteiger charge is -2.34. The van der Waals surface area contributed by atoms with Crippen molar-refractivity contribution in [3.63, 3.8) is 0 Å². The zero-order valence-corrected chi connectivity index (χ0v) is 76.0. The molecule has 8 aromatic carbocycles. The summed E-state index contributed by atoms with van der Waals surface area (Å²) in [5.41, 5.74) is 3.65. The Morgan fingerprint density at radius 3 is 0.723 bits per heavy atom. The smallest absolute Gasteiger partial charge is 0.262 e. The number of hydrogen-bond acceptors (Lipinski definition) is 20. The monoisotopic (exact) mass is 1830 g/mol. The highest BCUT2D eigenvalue weighted by atomic mass is 35.5. The summed E-state index contributed by atoms with van der Waals surface area (Å²) in [6, 6.07) is 45.8. The molecule has 8 heterocycles. The SMILES string of the molecule is Cc1ccc(C(=O)CCc2ccc3nc(C)n([C@@]4(C)CCC(=O)NC4=O)c(=O)c3c2)cc1.Cc1ccc(C(=O)CCc2ccc3nc(C)n([C@]4(C)CCC(=O)NC4=O)c(=O)c3c2)cc1.Cc1nc2ccc(CCC(=O)c3ccc(Cl)c(Cl)c3)cc2c(=O)n1[C@@]1(C)CCC(=O)NC1=O.Cc1nc2ccc(CCC(=O)c3ccc(Cl)c(Cl)c3)cc2c(=O)n1[C@]1(C)CCC(=O)NC1=O. The number of benzene rings is 8. The van der Waals surface area contributed by atoms with Crippen molar-refractivity contribution < 1.29 is 57.5 Å². The van der Waals surface area contributed by atoms with Crippen molar-refractivity contribution in [1.29, 1.82) is 0 Å². The third-order valence-corrected chi connectivity index (χ3v) is 26.0. The van der Waals surface area contributed by atoms with Gasteiger partial charge >= 0.3 is 0 Å². The standard InChI is InChI=1S/2C25H25N3O4.2C24H21Cl2N3O4/c2*1-15-4-8-18(9-5-15)21(29)11-7-17-6-10-20-19(14-17)23(31)28(16(2)26-20)25(3)13-12-22(30)27-24(25)32;2*1-13-27-19-7-3-14(4-8-20(30)15-5-6-17(25)18(26)12-15)11-16(19)22(32)29(13)24(2)10-9-21(31)28-23(24)33/h2*4-6,8-10,14H,7,11-13H2,1-3H3,(H,27,30,32);2*3,5-7,11-12H,4,8-10H2,1-2H3,(H,28,31,33)/t2*25-;2*24-/m1010/s1. The summed E-state index contributed by atoms with van der Waals surface area (Å²) in [6.45, 7) is 17.2. The quantitative estimate of drug-likeness (QED) is 0.0407. The van der Waals surface area contributed by atoms with Gasteiger partial charge in [-0.1, -0.05) is 130 Å². The zero-order chi connectivity index (χ0) is 93.9. The van der Waals surface area contributed by atoms with Crippen LogP contribution in [0.1, 0.15) is 203 Å². The maximum absolute atomic E-state index is 13.4. The lowest BCUT2D eigenvalue weighted by atomic mass is 9.90. The molecule has 4 saturated heterocycles. The number of aryl methyl sites for hydroxylation is 10. The fourth-order valence-corrected chi connectivity index (χ4v) is 17.4. The van der Waals surface area contributed by atoms with E-state index in [0.29, 0.717) is 148 Å². The molecule has 4 atom stereocenters. The van der Waals surface area contributed by atoms with Crippen molar-refractivity contribution in [1.82, 2.24) is 59.5 Å². The van der Waals surface area contributed by atoms with Gasteiger partial charge in [-0.25, -0.2) is 19.9 Å². The first-order chi connectivity index (χ1) is 61.6. The Bertz CT molecular complexity index is 6630. The van der Waals surface area contributed by atoms with Gasteiger partial charge in [0.25, 0.3) is 45.9 Å². The molecule has 16 rings (SSSR count). The van der Waals surface area contributed by atoms with Crippen LogP contribution in [-0.2, 0) is 86.2 Å². The Morgan fingerprint density at radius 1 is 0.292 bits per heavy atom. The minimum atomic E-state index is -1.21. The van der Waals surface area contributed by atoms with Crippen LogP contribution in [0.25, 0.3) is 43.6 Å². The number of halogens is 4. The van der Waals surface area contributed by atoms with Crippen molar-refractivity contribution in [3.8, 4) is 0 Å². The number of amides is 8. The van der Waals surface area contributed by atoms with E-state index in [0.717, 1.165) is 33.4 Å². The summed E-state index contributed by atoms with van der Waals surface area (Å²) in [5, 5.41) is 12.2. The molecule has 4 fully saturated rings. The van der Waals surface area contributed by atoms with Crippen molar-refractivity contribution >= 4 is 160 Å². The third-order valence-electron chi connectivity index (χ3n) is 24.5. The second-order valence-corrected chi connectivity index (χ2v) is 35.5. The van der Waals surface area contributed by atoms with E-state index >= 15 is 0 Å². The Balaban J connectivity index is 0.000000148. The number of carbonyl (C=O) groups is 12. The van der Waals surface area contributed by atoms with Crippen LogP contribution >= 0.6 is 46.4 Å². The van der Waals surface area contributed by atoms with E-state index in [1.54, 1.807) is 140 Å². The normalized spacial score (nSPS) is 18.5. The van der Waals surface area contributed by atoms with Gasteiger partial charge in [-0.2, -0.15) is 0 Å². The Hall–Kier alpha value is -13.3. The van der Waals surface area contributed by atoms with Crippen LogP contribution in [0.5, 0.6) is 0 Å². The number of ketones is 4. The topological polar surface area (TPSA) is 393 Å². The Labute approximate surface area is 764 Å². The minimum absolute atomic E-state index is 0.0422. The van der Waals surface area contributed by atoms with E-state index in [9.17, 15) is 76.7 Å². The molecule has 0 spiro atoms. The van der Waals surface area contributed by atoms with Crippen molar-refractivity contribution in [2.45, 2.75) is 194 Å². The molecule has 32 heteroatoms. The molecule has 668 valence electrons. The van der Waals surface area contributed by atoms with E-state index in [1.807, 2.05) is 86.6 Å². The van der Waals surface area contributed by atoms with Gasteiger partial charge in [0.05, 0.1) is 63.7 Å². The van der Waals surface area contributed by atoms with Crippen LogP contribution in [0.2, 0.25) is 20.1 Å². The molecule has 28 nitrogen and oxygen atoms in total. The second kappa shape index (κ2) is 38.6. The fourth-order valence-electron chi connectivity index (χ4n) is 16.8. The molecule has 4 aliphatic rings. The first-order valence-electron chi connectivity index (χ1n) is 42.2. The van der Waals surface area contributed by atoms with E-state index < -0.39 is 45.8 Å². The van der Waals surface area contributed by atoms with Crippen LogP contribution in [0, 0.1) is 41.5 Å². The van der Waals surface area contributed by atoms with E-state index in [-0.39, 0.29) is 133 Å². The molecule has 4 aliphatic heterocycles.